The van der Waals surface area contributed by atoms with E-state index < -0.39 is 11.3 Å². The summed E-state index contributed by atoms with van der Waals surface area (Å²) in [5, 5.41) is 21.7. The van der Waals surface area contributed by atoms with Crippen LogP contribution >= 0.6 is 0 Å². The molecule has 0 saturated heterocycles. The van der Waals surface area contributed by atoms with Crippen molar-refractivity contribution in [3.8, 4) is 11.5 Å². The van der Waals surface area contributed by atoms with E-state index in [0.29, 0.717) is 37.2 Å². The fourth-order valence-corrected chi connectivity index (χ4v) is 6.01. The lowest BCUT2D eigenvalue weighted by molar-refractivity contribution is -0.108. The monoisotopic (exact) mass is 563 g/mol. The minimum absolute atomic E-state index is 0.0163. The molecule has 2 aliphatic rings. The van der Waals surface area contributed by atoms with Gasteiger partial charge in [-0.25, -0.2) is 0 Å². The standard InChI is InChI=1S/C34H33N3O5/c1-34(2,35)20-36-14-12-21(13-15-36)31-27(39)16-28(40)32-29(41)17-30(42-33(31)32)24-18-37(22-8-4-3-5-9-22)26-11-7-6-10-23(26)25(24)19-38/h3-12,16-19,25,39-40H,13-15,20,35H2,1-2H3. The van der Waals surface area contributed by atoms with E-state index in [1.165, 1.54) is 12.1 Å². The van der Waals surface area contributed by atoms with E-state index in [1.54, 1.807) is 0 Å². The van der Waals surface area contributed by atoms with Crippen molar-refractivity contribution in [2.45, 2.75) is 31.7 Å². The average Bonchev–Trinajstić information content (AvgIpc) is 2.96. The number of phenols is 2. The van der Waals surface area contributed by atoms with Gasteiger partial charge in [-0.3, -0.25) is 9.69 Å². The van der Waals surface area contributed by atoms with Gasteiger partial charge in [0.15, 0.2) is 11.0 Å². The number of benzene rings is 3. The Morgan fingerprint density at radius 1 is 1.05 bits per heavy atom. The number of nitrogens with two attached hydrogens (primary N) is 1. The molecule has 8 nitrogen and oxygen atoms in total. The van der Waals surface area contributed by atoms with Gasteiger partial charge in [-0.2, -0.15) is 0 Å². The quantitative estimate of drug-likeness (QED) is 0.263. The minimum atomic E-state index is -0.696. The second kappa shape index (κ2) is 10.6. The number of carbonyl (C=O) groups excluding carboxylic acids is 1. The largest absolute Gasteiger partial charge is 0.507 e. The third-order valence-corrected chi connectivity index (χ3v) is 7.80. The van der Waals surface area contributed by atoms with Crippen LogP contribution in [0.25, 0.3) is 22.1 Å². The van der Waals surface area contributed by atoms with Gasteiger partial charge in [0.1, 0.15) is 28.9 Å². The summed E-state index contributed by atoms with van der Waals surface area (Å²) < 4.78 is 6.42. The number of aldehydes is 1. The van der Waals surface area contributed by atoms with Crippen molar-refractivity contribution in [3.05, 3.63) is 106 Å². The van der Waals surface area contributed by atoms with Gasteiger partial charge in [-0.05, 0) is 49.6 Å². The third kappa shape index (κ3) is 5.00. The van der Waals surface area contributed by atoms with Gasteiger partial charge >= 0.3 is 0 Å². The van der Waals surface area contributed by atoms with Crippen LogP contribution in [0.5, 0.6) is 11.5 Å². The molecule has 42 heavy (non-hydrogen) atoms. The average molecular weight is 564 g/mol. The van der Waals surface area contributed by atoms with Gasteiger partial charge in [0.05, 0.1) is 11.5 Å². The van der Waals surface area contributed by atoms with Crippen molar-refractivity contribution < 1.29 is 19.4 Å². The molecule has 4 N–H and O–H groups in total. The van der Waals surface area contributed by atoms with Gasteiger partial charge in [-0.1, -0.05) is 42.5 Å². The SMILES string of the molecule is CC(C)(N)CN1CC=C(c2c(O)cc(O)c3c(=O)cc(C4=CN(c5ccccc5)c5ccccc5C4C=O)oc23)CC1. The Labute approximate surface area is 243 Å². The molecule has 0 fully saturated rings. The Balaban J connectivity index is 1.52. The molecule has 6 rings (SSSR count). The van der Waals surface area contributed by atoms with Crippen LogP contribution in [0.1, 0.15) is 43.1 Å². The van der Waals surface area contributed by atoms with Gasteiger partial charge in [-0.15, -0.1) is 0 Å². The first-order valence-electron chi connectivity index (χ1n) is 14.0. The summed E-state index contributed by atoms with van der Waals surface area (Å²) in [5.74, 6) is -1.05. The Kier molecular flexibility index (Phi) is 6.96. The summed E-state index contributed by atoms with van der Waals surface area (Å²) in [7, 11) is 0. The van der Waals surface area contributed by atoms with Crippen molar-refractivity contribution in [2.24, 2.45) is 5.73 Å². The molecule has 1 aromatic heterocycles. The molecule has 214 valence electrons. The lowest BCUT2D eigenvalue weighted by Crippen LogP contribution is -2.46. The number of phenolic OH excluding ortho intramolecular Hbond substituents is 2. The highest BCUT2D eigenvalue weighted by molar-refractivity contribution is 5.98. The maximum Gasteiger partial charge on any atom is 0.197 e. The van der Waals surface area contributed by atoms with E-state index in [4.69, 9.17) is 10.2 Å². The van der Waals surface area contributed by atoms with Crippen LogP contribution in [0.3, 0.4) is 0 Å². The number of allylic oxidation sites excluding steroid dienone is 1. The Hall–Kier alpha value is -4.66. The van der Waals surface area contributed by atoms with Crippen LogP contribution in [-0.4, -0.2) is 46.6 Å². The Bertz CT molecular complexity index is 1800. The molecule has 3 aromatic carbocycles. The molecule has 3 heterocycles. The Morgan fingerprint density at radius 2 is 1.79 bits per heavy atom. The molecule has 0 aliphatic carbocycles. The zero-order valence-electron chi connectivity index (χ0n) is 23.6. The van der Waals surface area contributed by atoms with Gasteiger partial charge in [0.2, 0.25) is 0 Å². The minimum Gasteiger partial charge on any atom is -0.507 e. The molecule has 0 amide bonds. The topological polar surface area (TPSA) is 120 Å². The van der Waals surface area contributed by atoms with Gasteiger partial charge in [0.25, 0.3) is 0 Å². The molecule has 4 aromatic rings. The molecule has 1 unspecified atom stereocenters. The van der Waals surface area contributed by atoms with E-state index in [9.17, 15) is 19.8 Å². The Morgan fingerprint density at radius 3 is 2.48 bits per heavy atom. The van der Waals surface area contributed by atoms with Crippen molar-refractivity contribution in [1.29, 1.82) is 0 Å². The second-order valence-corrected chi connectivity index (χ2v) is 11.6. The first-order valence-corrected chi connectivity index (χ1v) is 14.0. The molecular weight excluding hydrogens is 530 g/mol. The van der Waals surface area contributed by atoms with Gasteiger partial charge in [0, 0.05) is 60.5 Å². The molecule has 0 radical (unpaired) electrons. The van der Waals surface area contributed by atoms with Crippen molar-refractivity contribution in [3.63, 3.8) is 0 Å². The normalized spacial score (nSPS) is 17.5. The summed E-state index contributed by atoms with van der Waals surface area (Å²) in [4.78, 5) is 30.3. The van der Waals surface area contributed by atoms with E-state index in [1.807, 2.05) is 85.6 Å². The van der Waals surface area contributed by atoms with Gasteiger partial charge < -0.3 is 30.1 Å². The van der Waals surface area contributed by atoms with Crippen LogP contribution in [0.15, 0.2) is 88.2 Å². The fourth-order valence-electron chi connectivity index (χ4n) is 6.01. The third-order valence-electron chi connectivity index (χ3n) is 7.80. The number of rotatable bonds is 6. The summed E-state index contributed by atoms with van der Waals surface area (Å²) >= 11 is 0. The highest BCUT2D eigenvalue weighted by atomic mass is 16.3. The molecule has 0 spiro atoms. The smallest absolute Gasteiger partial charge is 0.197 e. The van der Waals surface area contributed by atoms with Crippen LogP contribution in [0.4, 0.5) is 11.4 Å². The summed E-state index contributed by atoms with van der Waals surface area (Å²) in [6, 6.07) is 19.8. The molecule has 8 heteroatoms. The first kappa shape index (κ1) is 27.5. The maximum absolute atomic E-state index is 13.5. The number of hydrogen-bond acceptors (Lipinski definition) is 8. The predicted octanol–water partition coefficient (Wildman–Crippen LogP) is 5.51. The van der Waals surface area contributed by atoms with Crippen molar-refractivity contribution >= 4 is 39.8 Å². The zero-order chi connectivity index (χ0) is 29.6. The van der Waals surface area contributed by atoms with Crippen LogP contribution in [-0.2, 0) is 4.79 Å². The van der Waals surface area contributed by atoms with E-state index in [0.717, 1.165) is 28.8 Å². The van der Waals surface area contributed by atoms with Crippen molar-refractivity contribution in [1.82, 2.24) is 4.90 Å². The van der Waals surface area contributed by atoms with Crippen molar-refractivity contribution in [2.75, 3.05) is 24.5 Å². The predicted molar refractivity (Wildman–Crippen MR) is 165 cm³/mol. The maximum atomic E-state index is 13.5. The second-order valence-electron chi connectivity index (χ2n) is 11.6. The highest BCUT2D eigenvalue weighted by Crippen LogP contribution is 2.46. The van der Waals surface area contributed by atoms with E-state index in [-0.39, 0.29) is 33.8 Å². The lowest BCUT2D eigenvalue weighted by Gasteiger charge is -2.32. The molecule has 2 aliphatic heterocycles. The number of aromatic hydroxyl groups is 2. The molecule has 0 saturated carbocycles. The van der Waals surface area contributed by atoms with Crippen LogP contribution in [0.2, 0.25) is 0 Å². The zero-order valence-corrected chi connectivity index (χ0v) is 23.6. The molecule has 0 bridgehead atoms. The summed E-state index contributed by atoms with van der Waals surface area (Å²) in [6.07, 6.45) is 5.24. The fraction of sp³-hybridized carbons (Fsp3) is 0.235. The number of hydrogen-bond donors (Lipinski definition) is 3. The number of nitrogens with zero attached hydrogens (tertiary/aromatic N) is 2. The number of carbonyl (C=O) groups is 1. The number of para-hydroxylation sites is 2. The highest BCUT2D eigenvalue weighted by Gasteiger charge is 2.31. The van der Waals surface area contributed by atoms with E-state index >= 15 is 0 Å². The first-order chi connectivity index (χ1) is 20.1. The number of anilines is 2. The lowest BCUT2D eigenvalue weighted by atomic mass is 9.86. The number of fused-ring (bicyclic) bond motifs is 2. The van der Waals surface area contributed by atoms with Crippen LogP contribution in [0, 0.1) is 0 Å². The molecule has 1 atom stereocenters. The van der Waals surface area contributed by atoms with E-state index in [2.05, 4.69) is 4.90 Å². The summed E-state index contributed by atoms with van der Waals surface area (Å²) in [6.45, 7) is 5.98. The molecular formula is C34H33N3O5. The van der Waals surface area contributed by atoms with Crippen LogP contribution < -0.4 is 16.1 Å². The summed E-state index contributed by atoms with van der Waals surface area (Å²) in [5.41, 5.74) is 9.66.